The normalized spacial score (nSPS) is 10.6. The fourth-order valence-corrected chi connectivity index (χ4v) is 1.47. The standard InChI is InChI=1S/C12H20O2/c1-2-13-9-6-4-3-5-7-12-8-10-14-11-12/h8,10-11H,2-7,9H2,1H3. The van der Waals surface area contributed by atoms with E-state index in [1.165, 1.54) is 31.2 Å². The van der Waals surface area contributed by atoms with Gasteiger partial charge in [-0.1, -0.05) is 12.8 Å². The summed E-state index contributed by atoms with van der Waals surface area (Å²) in [6, 6.07) is 2.04. The summed E-state index contributed by atoms with van der Waals surface area (Å²) in [5.41, 5.74) is 1.31. The molecule has 0 aliphatic rings. The zero-order valence-electron chi connectivity index (χ0n) is 9.00. The third-order valence-corrected chi connectivity index (χ3v) is 2.29. The summed E-state index contributed by atoms with van der Waals surface area (Å²) in [5.74, 6) is 0. The first kappa shape index (κ1) is 11.3. The van der Waals surface area contributed by atoms with Crippen LogP contribution in [0, 0.1) is 0 Å². The zero-order valence-corrected chi connectivity index (χ0v) is 9.00. The lowest BCUT2D eigenvalue weighted by molar-refractivity contribution is 0.143. The molecule has 0 bridgehead atoms. The second-order valence-corrected chi connectivity index (χ2v) is 3.49. The molecule has 0 atom stereocenters. The summed E-state index contributed by atoms with van der Waals surface area (Å²) < 4.78 is 10.3. The molecule has 0 amide bonds. The Balaban J connectivity index is 1.85. The van der Waals surface area contributed by atoms with Gasteiger partial charge in [0.2, 0.25) is 0 Å². The average Bonchev–Trinajstić information content (AvgIpc) is 2.69. The van der Waals surface area contributed by atoms with E-state index < -0.39 is 0 Å². The van der Waals surface area contributed by atoms with E-state index in [4.69, 9.17) is 9.15 Å². The Bertz CT molecular complexity index is 204. The number of hydrogen-bond donors (Lipinski definition) is 0. The summed E-state index contributed by atoms with van der Waals surface area (Å²) >= 11 is 0. The second-order valence-electron chi connectivity index (χ2n) is 3.49. The highest BCUT2D eigenvalue weighted by Crippen LogP contribution is 2.08. The molecule has 2 heteroatoms. The molecule has 1 aromatic rings. The largest absolute Gasteiger partial charge is 0.472 e. The van der Waals surface area contributed by atoms with Crippen molar-refractivity contribution in [1.29, 1.82) is 0 Å². The molecule has 80 valence electrons. The van der Waals surface area contributed by atoms with Crippen LogP contribution in [0.5, 0.6) is 0 Å². The van der Waals surface area contributed by atoms with Crippen LogP contribution in [-0.2, 0) is 11.2 Å². The van der Waals surface area contributed by atoms with E-state index in [1.807, 2.05) is 19.3 Å². The predicted molar refractivity (Wildman–Crippen MR) is 57.4 cm³/mol. The molecule has 14 heavy (non-hydrogen) atoms. The van der Waals surface area contributed by atoms with Gasteiger partial charge in [0.15, 0.2) is 0 Å². The molecule has 0 aromatic carbocycles. The molecule has 0 radical (unpaired) electrons. The molecule has 0 spiro atoms. The third-order valence-electron chi connectivity index (χ3n) is 2.29. The van der Waals surface area contributed by atoms with Gasteiger partial charge in [-0.2, -0.15) is 0 Å². The van der Waals surface area contributed by atoms with E-state index in [2.05, 4.69) is 0 Å². The van der Waals surface area contributed by atoms with Gasteiger partial charge in [-0.25, -0.2) is 0 Å². The van der Waals surface area contributed by atoms with Gasteiger partial charge in [0.25, 0.3) is 0 Å². The van der Waals surface area contributed by atoms with Crippen molar-refractivity contribution in [3.63, 3.8) is 0 Å². The molecule has 0 unspecified atom stereocenters. The Kier molecular flexibility index (Phi) is 6.16. The number of furan rings is 1. The highest BCUT2D eigenvalue weighted by atomic mass is 16.5. The molecule has 1 heterocycles. The van der Waals surface area contributed by atoms with Gasteiger partial charge in [0, 0.05) is 13.2 Å². The van der Waals surface area contributed by atoms with Gasteiger partial charge in [0.05, 0.1) is 12.5 Å². The first-order valence-corrected chi connectivity index (χ1v) is 5.52. The quantitative estimate of drug-likeness (QED) is 0.594. The molecule has 0 aliphatic heterocycles. The van der Waals surface area contributed by atoms with Crippen LogP contribution in [-0.4, -0.2) is 13.2 Å². The van der Waals surface area contributed by atoms with Crippen molar-refractivity contribution in [1.82, 2.24) is 0 Å². The second kappa shape index (κ2) is 7.63. The highest BCUT2D eigenvalue weighted by molar-refractivity contribution is 5.04. The van der Waals surface area contributed by atoms with Gasteiger partial charge in [-0.15, -0.1) is 0 Å². The van der Waals surface area contributed by atoms with Crippen molar-refractivity contribution < 1.29 is 9.15 Å². The Morgan fingerprint density at radius 2 is 2.07 bits per heavy atom. The van der Waals surface area contributed by atoms with Crippen molar-refractivity contribution in [3.05, 3.63) is 24.2 Å². The van der Waals surface area contributed by atoms with Gasteiger partial charge >= 0.3 is 0 Å². The number of aryl methyl sites for hydroxylation is 1. The summed E-state index contributed by atoms with van der Waals surface area (Å²) in [6.07, 6.45) is 9.73. The number of ether oxygens (including phenoxy) is 1. The predicted octanol–water partition coefficient (Wildman–Crippen LogP) is 3.42. The molecular weight excluding hydrogens is 176 g/mol. The Labute approximate surface area is 86.3 Å². The average molecular weight is 196 g/mol. The van der Waals surface area contributed by atoms with Crippen molar-refractivity contribution in [2.45, 2.75) is 39.0 Å². The molecule has 1 rings (SSSR count). The van der Waals surface area contributed by atoms with Crippen molar-refractivity contribution in [2.24, 2.45) is 0 Å². The van der Waals surface area contributed by atoms with Crippen LogP contribution in [0.25, 0.3) is 0 Å². The molecule has 0 saturated carbocycles. The summed E-state index contributed by atoms with van der Waals surface area (Å²) in [6.45, 7) is 3.80. The highest BCUT2D eigenvalue weighted by Gasteiger charge is 1.94. The first-order valence-electron chi connectivity index (χ1n) is 5.52. The minimum atomic E-state index is 0.842. The summed E-state index contributed by atoms with van der Waals surface area (Å²) in [7, 11) is 0. The van der Waals surface area contributed by atoms with Gasteiger partial charge in [-0.05, 0) is 37.8 Å². The van der Waals surface area contributed by atoms with Crippen LogP contribution in [0.3, 0.4) is 0 Å². The Morgan fingerprint density at radius 3 is 2.79 bits per heavy atom. The SMILES string of the molecule is CCOCCCCCCc1ccoc1. The van der Waals surface area contributed by atoms with Crippen molar-refractivity contribution in [2.75, 3.05) is 13.2 Å². The molecule has 0 aliphatic carbocycles. The van der Waals surface area contributed by atoms with E-state index in [0.29, 0.717) is 0 Å². The van der Waals surface area contributed by atoms with Crippen LogP contribution in [0.1, 0.15) is 38.2 Å². The van der Waals surface area contributed by atoms with Gasteiger partial charge < -0.3 is 9.15 Å². The van der Waals surface area contributed by atoms with E-state index in [-0.39, 0.29) is 0 Å². The minimum absolute atomic E-state index is 0.842. The van der Waals surface area contributed by atoms with Crippen LogP contribution in [0.15, 0.2) is 23.0 Å². The van der Waals surface area contributed by atoms with Gasteiger partial charge in [-0.3, -0.25) is 0 Å². The van der Waals surface area contributed by atoms with E-state index >= 15 is 0 Å². The van der Waals surface area contributed by atoms with E-state index in [0.717, 1.165) is 19.6 Å². The Morgan fingerprint density at radius 1 is 1.21 bits per heavy atom. The van der Waals surface area contributed by atoms with Crippen molar-refractivity contribution in [3.8, 4) is 0 Å². The van der Waals surface area contributed by atoms with E-state index in [9.17, 15) is 0 Å². The van der Waals surface area contributed by atoms with E-state index in [1.54, 1.807) is 6.26 Å². The molecule has 0 saturated heterocycles. The lowest BCUT2D eigenvalue weighted by Gasteiger charge is -2.00. The molecule has 0 N–H and O–H groups in total. The lowest BCUT2D eigenvalue weighted by atomic mass is 10.1. The summed E-state index contributed by atoms with van der Waals surface area (Å²) in [5, 5.41) is 0. The van der Waals surface area contributed by atoms with Crippen LogP contribution >= 0.6 is 0 Å². The molecule has 0 fully saturated rings. The van der Waals surface area contributed by atoms with Gasteiger partial charge in [0.1, 0.15) is 0 Å². The maximum atomic E-state index is 5.27. The molecule has 2 nitrogen and oxygen atoms in total. The monoisotopic (exact) mass is 196 g/mol. The van der Waals surface area contributed by atoms with Crippen molar-refractivity contribution >= 4 is 0 Å². The summed E-state index contributed by atoms with van der Waals surface area (Å²) in [4.78, 5) is 0. The molecular formula is C12H20O2. The number of hydrogen-bond acceptors (Lipinski definition) is 2. The fraction of sp³-hybridized carbons (Fsp3) is 0.667. The maximum Gasteiger partial charge on any atom is 0.0934 e. The smallest absolute Gasteiger partial charge is 0.0934 e. The fourth-order valence-electron chi connectivity index (χ4n) is 1.47. The first-order chi connectivity index (χ1) is 6.93. The van der Waals surface area contributed by atoms with Crippen LogP contribution < -0.4 is 0 Å². The minimum Gasteiger partial charge on any atom is -0.472 e. The zero-order chi connectivity index (χ0) is 10.1. The van der Waals surface area contributed by atoms with Crippen LogP contribution in [0.4, 0.5) is 0 Å². The van der Waals surface area contributed by atoms with Crippen LogP contribution in [0.2, 0.25) is 0 Å². The third kappa shape index (κ3) is 5.07. The number of rotatable bonds is 8. The topological polar surface area (TPSA) is 22.4 Å². The lowest BCUT2D eigenvalue weighted by Crippen LogP contribution is -1.93. The number of unbranched alkanes of at least 4 members (excludes halogenated alkanes) is 3. The Hall–Kier alpha value is -0.760. The molecule has 1 aromatic heterocycles. The maximum absolute atomic E-state index is 5.27.